The quantitative estimate of drug-likeness (QED) is 0.513. The van der Waals surface area contributed by atoms with E-state index < -0.39 is 32.5 Å². The summed E-state index contributed by atoms with van der Waals surface area (Å²) in [5, 5.41) is 17.2. The van der Waals surface area contributed by atoms with Crippen molar-refractivity contribution in [2.45, 2.75) is 4.90 Å². The summed E-state index contributed by atoms with van der Waals surface area (Å²) in [5.74, 6) is -3.04. The Balaban J connectivity index is 0.00000256. The first-order chi connectivity index (χ1) is 7.23. The number of carboxylic acids is 2. The molecule has 0 amide bonds. The summed E-state index contributed by atoms with van der Waals surface area (Å²) < 4.78 is 30.3. The Morgan fingerprint density at radius 2 is 1.59 bits per heavy atom. The van der Waals surface area contributed by atoms with E-state index in [4.69, 9.17) is 14.8 Å². The molecule has 0 fully saturated rings. The molecule has 88 valence electrons. The van der Waals surface area contributed by atoms with Gasteiger partial charge < -0.3 is 10.2 Å². The van der Waals surface area contributed by atoms with Crippen LogP contribution in [0.3, 0.4) is 0 Å². The summed E-state index contributed by atoms with van der Waals surface area (Å²) in [6, 6.07) is 2.27. The van der Waals surface area contributed by atoms with Gasteiger partial charge in [0.25, 0.3) is 10.1 Å². The zero-order valence-corrected chi connectivity index (χ0v) is 8.43. The van der Waals surface area contributed by atoms with Gasteiger partial charge in [0.1, 0.15) is 4.90 Å². The van der Waals surface area contributed by atoms with Gasteiger partial charge in [-0.2, -0.15) is 8.42 Å². The standard InChI is InChI=1S/C8H6O7S.K.H/c9-7(10)4-1-2-6(16(13,14)15)5(3-4)8(11)12;;/h1-3H,(H,9,10)(H,11,12)(H,13,14,15);;. The molecule has 7 nitrogen and oxygen atoms in total. The molecule has 0 spiro atoms. The molecule has 1 aromatic rings. The van der Waals surface area contributed by atoms with Crippen LogP contribution in [0.5, 0.6) is 0 Å². The molecular weight excluding hydrogens is 279 g/mol. The van der Waals surface area contributed by atoms with Gasteiger partial charge in [0.15, 0.2) is 0 Å². The first-order valence-electron chi connectivity index (χ1n) is 3.81. The topological polar surface area (TPSA) is 129 Å². The molecule has 17 heavy (non-hydrogen) atoms. The fourth-order valence-electron chi connectivity index (χ4n) is 1.06. The summed E-state index contributed by atoms with van der Waals surface area (Å²) in [5.41, 5.74) is -1.17. The molecule has 0 bridgehead atoms. The van der Waals surface area contributed by atoms with Crippen LogP contribution in [-0.2, 0) is 10.1 Å². The number of aromatic carboxylic acids is 2. The third-order valence-corrected chi connectivity index (χ3v) is 2.65. The average Bonchev–Trinajstić information content (AvgIpc) is 2.15. The van der Waals surface area contributed by atoms with Crippen LogP contribution in [0, 0.1) is 0 Å². The SMILES string of the molecule is O=C(O)c1ccc(S(=O)(=O)O)c(C(=O)O)c1.[KH]. The van der Waals surface area contributed by atoms with Crippen molar-refractivity contribution in [3.8, 4) is 0 Å². The Bertz CT molecular complexity index is 563. The van der Waals surface area contributed by atoms with E-state index in [-0.39, 0.29) is 56.9 Å². The van der Waals surface area contributed by atoms with E-state index in [1.165, 1.54) is 0 Å². The molecule has 0 aliphatic heterocycles. The first kappa shape index (κ1) is 16.7. The van der Waals surface area contributed by atoms with E-state index in [1.807, 2.05) is 0 Å². The Labute approximate surface area is 139 Å². The molecule has 0 unspecified atom stereocenters. The molecule has 0 aliphatic carbocycles. The van der Waals surface area contributed by atoms with Crippen molar-refractivity contribution in [3.63, 3.8) is 0 Å². The van der Waals surface area contributed by atoms with Crippen molar-refractivity contribution in [2.24, 2.45) is 0 Å². The van der Waals surface area contributed by atoms with Gasteiger partial charge in [-0.05, 0) is 18.2 Å². The van der Waals surface area contributed by atoms with E-state index in [0.29, 0.717) is 6.07 Å². The zero-order chi connectivity index (χ0) is 12.5. The van der Waals surface area contributed by atoms with Crippen LogP contribution >= 0.6 is 0 Å². The Morgan fingerprint density at radius 3 is 1.94 bits per heavy atom. The Morgan fingerprint density at radius 1 is 1.06 bits per heavy atom. The predicted octanol–water partition coefficient (Wildman–Crippen LogP) is -0.319. The molecule has 0 radical (unpaired) electrons. The van der Waals surface area contributed by atoms with Crippen LogP contribution in [0.4, 0.5) is 0 Å². The van der Waals surface area contributed by atoms with Gasteiger partial charge in [0.2, 0.25) is 0 Å². The molecular formula is C8H7KO7S. The second kappa shape index (κ2) is 6.04. The van der Waals surface area contributed by atoms with Crippen LogP contribution < -0.4 is 0 Å². The molecule has 0 saturated heterocycles. The van der Waals surface area contributed by atoms with Crippen LogP contribution in [0.25, 0.3) is 0 Å². The van der Waals surface area contributed by atoms with Gasteiger partial charge in [-0.25, -0.2) is 9.59 Å². The van der Waals surface area contributed by atoms with E-state index in [1.54, 1.807) is 0 Å². The van der Waals surface area contributed by atoms with E-state index in [2.05, 4.69) is 0 Å². The Hall–Kier alpha value is -0.294. The minimum absolute atomic E-state index is 0. The van der Waals surface area contributed by atoms with Crippen LogP contribution in [0.15, 0.2) is 23.1 Å². The van der Waals surface area contributed by atoms with E-state index in [0.717, 1.165) is 12.1 Å². The van der Waals surface area contributed by atoms with Crippen LogP contribution in [0.2, 0.25) is 0 Å². The van der Waals surface area contributed by atoms with Crippen molar-refractivity contribution in [1.82, 2.24) is 0 Å². The van der Waals surface area contributed by atoms with Crippen molar-refractivity contribution >= 4 is 73.4 Å². The van der Waals surface area contributed by atoms with Gasteiger partial charge in [0.05, 0.1) is 11.1 Å². The molecule has 0 aromatic heterocycles. The van der Waals surface area contributed by atoms with Crippen LogP contribution in [0.1, 0.15) is 20.7 Å². The molecule has 3 N–H and O–H groups in total. The number of carbonyl (C=O) groups is 2. The van der Waals surface area contributed by atoms with Gasteiger partial charge in [-0.3, -0.25) is 4.55 Å². The van der Waals surface area contributed by atoms with Gasteiger partial charge in [-0.15, -0.1) is 0 Å². The fourth-order valence-corrected chi connectivity index (χ4v) is 1.72. The molecule has 1 rings (SSSR count). The molecule has 9 heteroatoms. The van der Waals surface area contributed by atoms with E-state index >= 15 is 0 Å². The van der Waals surface area contributed by atoms with Crippen molar-refractivity contribution in [1.29, 1.82) is 0 Å². The fraction of sp³-hybridized carbons (Fsp3) is 0. The second-order valence-electron chi connectivity index (χ2n) is 2.80. The third kappa shape index (κ3) is 4.14. The van der Waals surface area contributed by atoms with Gasteiger partial charge in [0, 0.05) is 0 Å². The summed E-state index contributed by atoms with van der Waals surface area (Å²) in [6.45, 7) is 0. The van der Waals surface area contributed by atoms with Gasteiger partial charge >= 0.3 is 63.3 Å². The summed E-state index contributed by atoms with van der Waals surface area (Å²) in [6.07, 6.45) is 0. The summed E-state index contributed by atoms with van der Waals surface area (Å²) in [7, 11) is -4.69. The predicted molar refractivity (Wildman–Crippen MR) is 57.3 cm³/mol. The zero-order valence-electron chi connectivity index (χ0n) is 7.61. The Kier molecular flexibility index (Phi) is 5.94. The normalized spacial score (nSPS) is 10.4. The molecule has 0 saturated carbocycles. The maximum atomic E-state index is 10.8. The molecule has 1 aromatic carbocycles. The van der Waals surface area contributed by atoms with Crippen molar-refractivity contribution < 1.29 is 32.8 Å². The van der Waals surface area contributed by atoms with Crippen LogP contribution in [-0.4, -0.2) is 86.5 Å². The summed E-state index contributed by atoms with van der Waals surface area (Å²) >= 11 is 0. The minimum atomic E-state index is -4.69. The molecule has 0 aliphatic rings. The average molecular weight is 286 g/mol. The monoisotopic (exact) mass is 286 g/mol. The first-order valence-corrected chi connectivity index (χ1v) is 5.25. The summed E-state index contributed by atoms with van der Waals surface area (Å²) in [4.78, 5) is 20.4. The molecule has 0 heterocycles. The van der Waals surface area contributed by atoms with Gasteiger partial charge in [-0.1, -0.05) is 0 Å². The second-order valence-corrected chi connectivity index (χ2v) is 4.19. The van der Waals surface area contributed by atoms with Crippen molar-refractivity contribution in [2.75, 3.05) is 0 Å². The van der Waals surface area contributed by atoms with Crippen molar-refractivity contribution in [3.05, 3.63) is 29.3 Å². The number of benzene rings is 1. The number of hydrogen-bond donors (Lipinski definition) is 3. The maximum absolute atomic E-state index is 10.8. The number of carboxylic acid groups (broad SMARTS) is 2. The molecule has 0 atom stereocenters. The third-order valence-electron chi connectivity index (χ3n) is 1.73. The number of hydrogen-bond acceptors (Lipinski definition) is 4. The number of rotatable bonds is 3. The van der Waals surface area contributed by atoms with E-state index in [9.17, 15) is 18.0 Å².